The highest BCUT2D eigenvalue weighted by Crippen LogP contribution is 2.27. The zero-order valence-corrected chi connectivity index (χ0v) is 8.37. The van der Waals surface area contributed by atoms with Crippen LogP contribution in [0.25, 0.3) is 0 Å². The molecule has 2 nitrogen and oxygen atoms in total. The van der Waals surface area contributed by atoms with Gasteiger partial charge in [-0.1, -0.05) is 22.7 Å². The number of rotatable bonds is 2. The molecule has 1 heterocycles. The molecule has 3 heteroatoms. The summed E-state index contributed by atoms with van der Waals surface area (Å²) in [5, 5.41) is 9.95. The number of piperidine rings is 1. The summed E-state index contributed by atoms with van der Waals surface area (Å²) >= 11 is 0. The molecule has 1 aliphatic heterocycles. The van der Waals surface area contributed by atoms with Gasteiger partial charge in [0.05, 0.1) is 5.60 Å². The van der Waals surface area contributed by atoms with Crippen molar-refractivity contribution < 1.29 is 5.11 Å². The van der Waals surface area contributed by atoms with Gasteiger partial charge in [-0.2, -0.15) is 0 Å². The molecule has 66 valence electrons. The molecule has 1 aliphatic rings. The highest BCUT2D eigenvalue weighted by molar-refractivity contribution is 7.13. The molecule has 0 aromatic heterocycles. The van der Waals surface area contributed by atoms with Crippen molar-refractivity contribution in [3.8, 4) is 0 Å². The molecule has 1 fully saturated rings. The lowest BCUT2D eigenvalue weighted by Crippen LogP contribution is -2.40. The Kier molecular flexibility index (Phi) is 3.29. The van der Waals surface area contributed by atoms with E-state index in [9.17, 15) is 5.11 Å². The average molecular weight is 175 g/mol. The Hall–Kier alpha value is 0.350. The summed E-state index contributed by atoms with van der Waals surface area (Å²) in [5.41, 5.74) is -0.345. The van der Waals surface area contributed by atoms with Crippen LogP contribution in [0.3, 0.4) is 0 Å². The molecule has 1 saturated heterocycles. The molecule has 0 saturated carbocycles. The fourth-order valence-corrected chi connectivity index (χ4v) is 1.91. The smallest absolute Gasteiger partial charge is 0.0672 e. The molecule has 0 aliphatic carbocycles. The van der Waals surface area contributed by atoms with Crippen molar-refractivity contribution in [1.29, 1.82) is 0 Å². The van der Waals surface area contributed by atoms with E-state index in [1.165, 1.54) is 0 Å². The Balaban J connectivity index is 2.35. The van der Waals surface area contributed by atoms with Gasteiger partial charge in [0.1, 0.15) is 0 Å². The van der Waals surface area contributed by atoms with Crippen molar-refractivity contribution in [3.05, 3.63) is 0 Å². The topological polar surface area (TPSA) is 23.5 Å². The quantitative estimate of drug-likeness (QED) is 0.641. The third-order valence-corrected chi connectivity index (χ3v) is 2.96. The van der Waals surface area contributed by atoms with Crippen molar-refractivity contribution in [2.24, 2.45) is 0 Å². The van der Waals surface area contributed by atoms with Crippen LogP contribution in [0.15, 0.2) is 0 Å². The fourth-order valence-electron chi connectivity index (χ4n) is 1.66. The number of aliphatic hydroxyl groups is 1. The predicted molar refractivity (Wildman–Crippen MR) is 50.4 cm³/mol. The summed E-state index contributed by atoms with van der Waals surface area (Å²) in [4.78, 5) is 0. The van der Waals surface area contributed by atoms with Gasteiger partial charge in [-0.3, -0.25) is 4.67 Å². The normalized spacial score (nSPS) is 25.4. The second kappa shape index (κ2) is 3.84. The second-order valence-corrected chi connectivity index (χ2v) is 4.24. The van der Waals surface area contributed by atoms with Crippen LogP contribution in [-0.2, 0) is 0 Å². The predicted octanol–water partition coefficient (Wildman–Crippen LogP) is 1.40. The third-order valence-electron chi connectivity index (χ3n) is 2.44. The van der Waals surface area contributed by atoms with E-state index in [1.807, 2.05) is 0 Å². The maximum absolute atomic E-state index is 9.95. The van der Waals surface area contributed by atoms with Crippen LogP contribution in [-0.4, -0.2) is 28.5 Å². The summed E-state index contributed by atoms with van der Waals surface area (Å²) in [5.74, 6) is 0. The summed E-state index contributed by atoms with van der Waals surface area (Å²) in [7, 11) is 2.69. The van der Waals surface area contributed by atoms with Crippen LogP contribution >= 0.6 is 9.39 Å². The minimum atomic E-state index is -0.345. The Labute approximate surface area is 71.2 Å². The molecule has 1 unspecified atom stereocenters. The van der Waals surface area contributed by atoms with E-state index in [2.05, 4.69) is 21.0 Å². The molecular weight excluding hydrogens is 157 g/mol. The van der Waals surface area contributed by atoms with Gasteiger partial charge >= 0.3 is 0 Å². The zero-order chi connectivity index (χ0) is 8.32. The number of nitrogens with zero attached hydrogens (tertiary/aromatic N) is 1. The van der Waals surface area contributed by atoms with Gasteiger partial charge in [-0.05, 0) is 19.3 Å². The molecule has 1 N–H and O–H groups in total. The second-order valence-electron chi connectivity index (χ2n) is 3.51. The van der Waals surface area contributed by atoms with Crippen molar-refractivity contribution in [1.82, 2.24) is 4.67 Å². The number of hydrogen-bond donors (Lipinski definition) is 1. The van der Waals surface area contributed by atoms with Gasteiger partial charge in [0.25, 0.3) is 0 Å². The van der Waals surface area contributed by atoms with Crippen LogP contribution in [0.4, 0.5) is 0 Å². The largest absolute Gasteiger partial charge is 0.390 e. The summed E-state index contributed by atoms with van der Waals surface area (Å²) < 4.78 is 2.20. The summed E-state index contributed by atoms with van der Waals surface area (Å²) in [6.07, 6.45) is 3.92. The standard InChI is InChI=1S/C8H18NOP/c1-2-3-8(10)4-6-9(11)7-5-8/h10H,2-7,11H2,1H3. The maximum Gasteiger partial charge on any atom is 0.0672 e. The van der Waals surface area contributed by atoms with Gasteiger partial charge in [0.15, 0.2) is 0 Å². The first-order chi connectivity index (χ1) is 5.16. The van der Waals surface area contributed by atoms with Crippen molar-refractivity contribution in [2.45, 2.75) is 38.2 Å². The van der Waals surface area contributed by atoms with E-state index >= 15 is 0 Å². The van der Waals surface area contributed by atoms with E-state index in [0.29, 0.717) is 0 Å². The Morgan fingerprint density at radius 3 is 2.45 bits per heavy atom. The van der Waals surface area contributed by atoms with Gasteiger partial charge in [0, 0.05) is 13.1 Å². The molecule has 0 amide bonds. The van der Waals surface area contributed by atoms with Gasteiger partial charge in [0.2, 0.25) is 0 Å². The van der Waals surface area contributed by atoms with E-state index in [1.54, 1.807) is 0 Å². The summed E-state index contributed by atoms with van der Waals surface area (Å²) in [6, 6.07) is 0. The summed E-state index contributed by atoms with van der Waals surface area (Å²) in [6.45, 7) is 4.16. The monoisotopic (exact) mass is 175 g/mol. The third kappa shape index (κ3) is 2.70. The minimum absolute atomic E-state index is 0.345. The first kappa shape index (κ1) is 9.44. The first-order valence-corrected chi connectivity index (χ1v) is 4.90. The zero-order valence-electron chi connectivity index (χ0n) is 7.21. The molecule has 0 aromatic carbocycles. The van der Waals surface area contributed by atoms with Gasteiger partial charge in [-0.25, -0.2) is 0 Å². The molecule has 1 rings (SSSR count). The van der Waals surface area contributed by atoms with Crippen LogP contribution in [0.1, 0.15) is 32.6 Å². The lowest BCUT2D eigenvalue weighted by Gasteiger charge is -2.36. The fraction of sp³-hybridized carbons (Fsp3) is 1.00. The van der Waals surface area contributed by atoms with Crippen molar-refractivity contribution >= 4 is 9.39 Å². The minimum Gasteiger partial charge on any atom is -0.390 e. The lowest BCUT2D eigenvalue weighted by molar-refractivity contribution is -0.0114. The van der Waals surface area contributed by atoms with E-state index < -0.39 is 0 Å². The first-order valence-electron chi connectivity index (χ1n) is 4.38. The van der Waals surface area contributed by atoms with Crippen LogP contribution in [0, 0.1) is 0 Å². The highest BCUT2D eigenvalue weighted by Gasteiger charge is 2.29. The molecular formula is C8H18NOP. The average Bonchev–Trinajstić information content (AvgIpc) is 1.97. The molecule has 0 bridgehead atoms. The Bertz CT molecular complexity index is 121. The molecule has 0 aromatic rings. The van der Waals surface area contributed by atoms with Crippen LogP contribution in [0.5, 0.6) is 0 Å². The van der Waals surface area contributed by atoms with Crippen molar-refractivity contribution in [2.75, 3.05) is 13.1 Å². The van der Waals surface area contributed by atoms with Crippen LogP contribution < -0.4 is 0 Å². The van der Waals surface area contributed by atoms with Crippen LogP contribution in [0.2, 0.25) is 0 Å². The van der Waals surface area contributed by atoms with E-state index in [-0.39, 0.29) is 5.60 Å². The SMILES string of the molecule is CCCC1(O)CCN(P)CC1. The molecule has 11 heavy (non-hydrogen) atoms. The van der Waals surface area contributed by atoms with E-state index in [0.717, 1.165) is 38.8 Å². The lowest BCUT2D eigenvalue weighted by atomic mass is 9.88. The number of hydrogen-bond acceptors (Lipinski definition) is 2. The molecule has 0 spiro atoms. The van der Waals surface area contributed by atoms with E-state index in [4.69, 9.17) is 0 Å². The maximum atomic E-state index is 9.95. The molecule has 1 atom stereocenters. The molecule has 0 radical (unpaired) electrons. The van der Waals surface area contributed by atoms with Gasteiger partial charge < -0.3 is 5.11 Å². The van der Waals surface area contributed by atoms with Gasteiger partial charge in [-0.15, -0.1) is 0 Å². The highest BCUT2D eigenvalue weighted by atomic mass is 31.0. The Morgan fingerprint density at radius 2 is 2.00 bits per heavy atom. The van der Waals surface area contributed by atoms with Crippen molar-refractivity contribution in [3.63, 3.8) is 0 Å². The Morgan fingerprint density at radius 1 is 1.45 bits per heavy atom.